The van der Waals surface area contributed by atoms with Gasteiger partial charge in [-0.25, -0.2) is 0 Å². The van der Waals surface area contributed by atoms with Crippen LogP contribution in [0.3, 0.4) is 0 Å². The molecule has 0 bridgehead atoms. The van der Waals surface area contributed by atoms with Gasteiger partial charge in [0.25, 0.3) is 0 Å². The van der Waals surface area contributed by atoms with Gasteiger partial charge in [0.05, 0.1) is 7.11 Å². The van der Waals surface area contributed by atoms with Crippen molar-refractivity contribution >= 4 is 5.78 Å². The van der Waals surface area contributed by atoms with E-state index in [-0.39, 0.29) is 11.4 Å². The smallest absolute Gasteiger partial charge is 0.158 e. The van der Waals surface area contributed by atoms with E-state index in [2.05, 4.69) is 6.58 Å². The molecule has 80 valence electrons. The molecule has 0 radical (unpaired) electrons. The molecule has 0 saturated carbocycles. The molecule has 3 heteroatoms. The van der Waals surface area contributed by atoms with Crippen LogP contribution in [0.4, 0.5) is 0 Å². The van der Waals surface area contributed by atoms with E-state index >= 15 is 0 Å². The summed E-state index contributed by atoms with van der Waals surface area (Å²) < 4.78 is 4.99. The fraction of sp³-hybridized carbons (Fsp3) is 0.250. The van der Waals surface area contributed by atoms with Crippen LogP contribution in [-0.2, 0) is 4.79 Å². The van der Waals surface area contributed by atoms with Crippen molar-refractivity contribution in [3.8, 4) is 5.75 Å². The van der Waals surface area contributed by atoms with Gasteiger partial charge in [0.1, 0.15) is 11.9 Å². The van der Waals surface area contributed by atoms with Crippen LogP contribution in [0.15, 0.2) is 36.4 Å². The minimum absolute atomic E-state index is 0.195. The van der Waals surface area contributed by atoms with E-state index < -0.39 is 6.10 Å². The van der Waals surface area contributed by atoms with Crippen LogP contribution < -0.4 is 4.74 Å². The molecule has 1 atom stereocenters. The predicted octanol–water partition coefficient (Wildman–Crippen LogP) is 1.87. The van der Waals surface area contributed by atoms with Crippen molar-refractivity contribution in [2.24, 2.45) is 0 Å². The van der Waals surface area contributed by atoms with Crippen molar-refractivity contribution in [3.05, 3.63) is 42.0 Å². The minimum Gasteiger partial charge on any atom is -0.497 e. The second-order valence-corrected chi connectivity index (χ2v) is 3.26. The topological polar surface area (TPSA) is 46.5 Å². The van der Waals surface area contributed by atoms with Crippen LogP contribution in [0.5, 0.6) is 5.75 Å². The highest BCUT2D eigenvalue weighted by Gasteiger charge is 2.14. The highest BCUT2D eigenvalue weighted by Crippen LogP contribution is 2.22. The first-order valence-electron chi connectivity index (χ1n) is 4.58. The van der Waals surface area contributed by atoms with Crippen LogP contribution in [-0.4, -0.2) is 18.0 Å². The molecule has 1 N–H and O–H groups in total. The summed E-state index contributed by atoms with van der Waals surface area (Å²) in [5, 5.41) is 9.76. The molecule has 1 rings (SSSR count). The lowest BCUT2D eigenvalue weighted by molar-refractivity contribution is -0.114. The van der Waals surface area contributed by atoms with E-state index in [1.807, 2.05) is 0 Å². The molecule has 0 saturated heterocycles. The van der Waals surface area contributed by atoms with Gasteiger partial charge in [0, 0.05) is 5.57 Å². The Morgan fingerprint density at radius 1 is 1.40 bits per heavy atom. The van der Waals surface area contributed by atoms with Gasteiger partial charge in [-0.3, -0.25) is 4.79 Å². The molecular weight excluding hydrogens is 192 g/mol. The first-order valence-corrected chi connectivity index (χ1v) is 4.58. The monoisotopic (exact) mass is 206 g/mol. The summed E-state index contributed by atoms with van der Waals surface area (Å²) in [6, 6.07) is 6.87. The number of ketones is 1. The number of carbonyl (C=O) groups is 1. The van der Waals surface area contributed by atoms with Gasteiger partial charge in [0.2, 0.25) is 0 Å². The molecule has 1 aromatic rings. The summed E-state index contributed by atoms with van der Waals surface area (Å²) >= 11 is 0. The summed E-state index contributed by atoms with van der Waals surface area (Å²) in [5.41, 5.74) is 0.830. The van der Waals surface area contributed by atoms with Crippen molar-refractivity contribution in [2.75, 3.05) is 7.11 Å². The molecule has 15 heavy (non-hydrogen) atoms. The first kappa shape index (κ1) is 11.5. The maximum Gasteiger partial charge on any atom is 0.158 e. The highest BCUT2D eigenvalue weighted by molar-refractivity contribution is 5.93. The zero-order chi connectivity index (χ0) is 11.4. The fourth-order valence-electron chi connectivity index (χ4n) is 1.18. The molecule has 0 aliphatic carbocycles. The Morgan fingerprint density at radius 2 is 1.93 bits per heavy atom. The Balaban J connectivity index is 2.87. The van der Waals surface area contributed by atoms with Gasteiger partial charge in [-0.2, -0.15) is 0 Å². The van der Waals surface area contributed by atoms with E-state index in [4.69, 9.17) is 4.74 Å². The average Bonchev–Trinajstić information content (AvgIpc) is 2.27. The number of ether oxygens (including phenoxy) is 1. The molecule has 3 nitrogen and oxygen atoms in total. The lowest BCUT2D eigenvalue weighted by Gasteiger charge is -2.11. The van der Waals surface area contributed by atoms with Crippen molar-refractivity contribution in [2.45, 2.75) is 13.0 Å². The molecule has 0 aliphatic heterocycles. The Kier molecular flexibility index (Phi) is 3.63. The van der Waals surface area contributed by atoms with Gasteiger partial charge < -0.3 is 9.84 Å². The molecule has 0 spiro atoms. The van der Waals surface area contributed by atoms with Crippen LogP contribution in [0.2, 0.25) is 0 Å². The number of aliphatic hydroxyl groups excluding tert-OH is 1. The number of aliphatic hydroxyl groups is 1. The number of benzene rings is 1. The number of methoxy groups -OCH3 is 1. The average molecular weight is 206 g/mol. The zero-order valence-electron chi connectivity index (χ0n) is 8.86. The van der Waals surface area contributed by atoms with E-state index in [1.54, 1.807) is 31.4 Å². The van der Waals surface area contributed by atoms with E-state index in [1.165, 1.54) is 6.92 Å². The molecule has 0 aromatic heterocycles. The van der Waals surface area contributed by atoms with Gasteiger partial charge in [-0.1, -0.05) is 18.7 Å². The van der Waals surface area contributed by atoms with Crippen molar-refractivity contribution < 1.29 is 14.6 Å². The summed E-state index contributed by atoms with van der Waals surface area (Å²) in [7, 11) is 1.57. The van der Waals surface area contributed by atoms with Crippen LogP contribution in [0.25, 0.3) is 0 Å². The summed E-state index contributed by atoms with van der Waals surface area (Å²) in [4.78, 5) is 11.0. The second-order valence-electron chi connectivity index (χ2n) is 3.26. The summed E-state index contributed by atoms with van der Waals surface area (Å²) in [6.07, 6.45) is -0.937. The normalized spacial score (nSPS) is 11.9. The SMILES string of the molecule is C=C(C(C)=O)C(O)c1ccc(OC)cc1. The number of hydrogen-bond acceptors (Lipinski definition) is 3. The second kappa shape index (κ2) is 4.75. The third-order valence-electron chi connectivity index (χ3n) is 2.21. The molecule has 1 unspecified atom stereocenters. The largest absolute Gasteiger partial charge is 0.497 e. The van der Waals surface area contributed by atoms with Gasteiger partial charge in [0.15, 0.2) is 5.78 Å². The fourth-order valence-corrected chi connectivity index (χ4v) is 1.18. The third-order valence-corrected chi connectivity index (χ3v) is 2.21. The maximum atomic E-state index is 11.0. The standard InChI is InChI=1S/C12H14O3/c1-8(9(2)13)12(14)10-4-6-11(15-3)7-5-10/h4-7,12,14H,1H2,2-3H3. The number of rotatable bonds is 4. The van der Waals surface area contributed by atoms with Crippen molar-refractivity contribution in [1.29, 1.82) is 0 Å². The maximum absolute atomic E-state index is 11.0. The Morgan fingerprint density at radius 3 is 2.33 bits per heavy atom. The lowest BCUT2D eigenvalue weighted by atomic mass is 10.0. The molecule has 0 fully saturated rings. The molecule has 0 aliphatic rings. The van der Waals surface area contributed by atoms with Gasteiger partial charge >= 0.3 is 0 Å². The first-order chi connectivity index (χ1) is 7.06. The summed E-state index contributed by atoms with van der Waals surface area (Å²) in [6.45, 7) is 4.93. The van der Waals surface area contributed by atoms with E-state index in [0.717, 1.165) is 0 Å². The third kappa shape index (κ3) is 2.67. The van der Waals surface area contributed by atoms with Crippen molar-refractivity contribution in [1.82, 2.24) is 0 Å². The number of Topliss-reactive ketones (excluding diaryl/α,β-unsaturated/α-hetero) is 1. The van der Waals surface area contributed by atoms with E-state index in [0.29, 0.717) is 11.3 Å². The van der Waals surface area contributed by atoms with Gasteiger partial charge in [-0.05, 0) is 24.6 Å². The van der Waals surface area contributed by atoms with Crippen LogP contribution >= 0.6 is 0 Å². The number of carbonyl (C=O) groups excluding carboxylic acids is 1. The van der Waals surface area contributed by atoms with Crippen LogP contribution in [0.1, 0.15) is 18.6 Å². The minimum atomic E-state index is -0.937. The quantitative estimate of drug-likeness (QED) is 0.765. The zero-order valence-corrected chi connectivity index (χ0v) is 8.86. The molecule has 1 aromatic carbocycles. The predicted molar refractivity (Wildman–Crippen MR) is 57.8 cm³/mol. The molecule has 0 heterocycles. The number of hydrogen-bond donors (Lipinski definition) is 1. The van der Waals surface area contributed by atoms with Gasteiger partial charge in [-0.15, -0.1) is 0 Å². The molecule has 0 amide bonds. The molecular formula is C12H14O3. The van der Waals surface area contributed by atoms with Crippen LogP contribution in [0, 0.1) is 0 Å². The Hall–Kier alpha value is -1.61. The van der Waals surface area contributed by atoms with E-state index in [9.17, 15) is 9.90 Å². The highest BCUT2D eigenvalue weighted by atomic mass is 16.5. The summed E-state index contributed by atoms with van der Waals surface area (Å²) in [5.74, 6) is 0.498. The Bertz CT molecular complexity index is 365. The van der Waals surface area contributed by atoms with Crippen molar-refractivity contribution in [3.63, 3.8) is 0 Å². The Labute approximate surface area is 89.0 Å². The lowest BCUT2D eigenvalue weighted by Crippen LogP contribution is -2.07.